The summed E-state index contributed by atoms with van der Waals surface area (Å²) in [5.41, 5.74) is 1.65. The van der Waals surface area contributed by atoms with Gasteiger partial charge in [0.25, 0.3) is 0 Å². The molecule has 0 bridgehead atoms. The Kier molecular flexibility index (Phi) is 3.47. The zero-order valence-electron chi connectivity index (χ0n) is 12.8. The predicted molar refractivity (Wildman–Crippen MR) is 89.4 cm³/mol. The van der Waals surface area contributed by atoms with E-state index in [0.29, 0.717) is 23.3 Å². The Morgan fingerprint density at radius 3 is 2.83 bits per heavy atom. The minimum atomic E-state index is 0.360. The molecule has 0 fully saturated rings. The van der Waals surface area contributed by atoms with Crippen molar-refractivity contribution in [1.82, 2.24) is 25.3 Å². The first-order valence-electron chi connectivity index (χ1n) is 7.29. The average molecular weight is 319 g/mol. The van der Waals surface area contributed by atoms with Gasteiger partial charge in [-0.25, -0.2) is 0 Å². The lowest BCUT2D eigenvalue weighted by molar-refractivity contribution is 0.400. The maximum absolute atomic E-state index is 5.01. The van der Waals surface area contributed by atoms with Crippen LogP contribution in [0.4, 0.5) is 23.3 Å². The van der Waals surface area contributed by atoms with E-state index in [1.165, 1.54) is 6.20 Å². The standard InChI is InChI=1S/C16H13N7O/c1-10-8-13(23-24-10)20-14-9-18-22-16(21-14)19-12-6-2-4-11-5-3-7-17-15(11)12/h2-9H,1H3,(H2,19,20,21,22,23). The average Bonchev–Trinajstić information content (AvgIpc) is 3.00. The number of hydrogen-bond donors (Lipinski definition) is 2. The normalized spacial score (nSPS) is 10.7. The van der Waals surface area contributed by atoms with Crippen molar-refractivity contribution < 1.29 is 4.52 Å². The van der Waals surface area contributed by atoms with Crippen molar-refractivity contribution in [3.63, 3.8) is 0 Å². The molecule has 0 saturated heterocycles. The first-order chi connectivity index (χ1) is 11.8. The molecule has 2 N–H and O–H groups in total. The summed E-state index contributed by atoms with van der Waals surface area (Å²) in [7, 11) is 0. The number of benzene rings is 1. The Hall–Kier alpha value is -3.55. The molecule has 0 aliphatic heterocycles. The second-order valence-corrected chi connectivity index (χ2v) is 5.12. The fourth-order valence-electron chi connectivity index (χ4n) is 2.30. The minimum Gasteiger partial charge on any atom is -0.360 e. The van der Waals surface area contributed by atoms with E-state index in [1.54, 1.807) is 12.3 Å². The molecule has 8 heteroatoms. The molecule has 24 heavy (non-hydrogen) atoms. The third kappa shape index (κ3) is 2.84. The number of aryl methyl sites for hydroxylation is 1. The van der Waals surface area contributed by atoms with Crippen molar-refractivity contribution in [3.8, 4) is 0 Å². The van der Waals surface area contributed by atoms with Crippen LogP contribution in [-0.4, -0.2) is 25.3 Å². The summed E-state index contributed by atoms with van der Waals surface area (Å²) in [4.78, 5) is 8.77. The van der Waals surface area contributed by atoms with E-state index < -0.39 is 0 Å². The number of para-hydroxylation sites is 1. The Labute approximate surface area is 137 Å². The van der Waals surface area contributed by atoms with Gasteiger partial charge in [0.1, 0.15) is 5.76 Å². The maximum Gasteiger partial charge on any atom is 0.249 e. The van der Waals surface area contributed by atoms with Gasteiger partial charge in [0.2, 0.25) is 5.95 Å². The number of nitrogens with zero attached hydrogens (tertiary/aromatic N) is 5. The minimum absolute atomic E-state index is 0.360. The quantitative estimate of drug-likeness (QED) is 0.591. The van der Waals surface area contributed by atoms with Gasteiger partial charge in [-0.15, -0.1) is 5.10 Å². The number of pyridine rings is 1. The molecule has 0 aliphatic rings. The number of aromatic nitrogens is 5. The van der Waals surface area contributed by atoms with Gasteiger partial charge in [-0.1, -0.05) is 23.4 Å². The molecule has 4 rings (SSSR count). The van der Waals surface area contributed by atoms with Gasteiger partial charge < -0.3 is 15.2 Å². The topological polar surface area (TPSA) is 102 Å². The van der Waals surface area contributed by atoms with Crippen LogP contribution in [0.2, 0.25) is 0 Å². The number of nitrogens with one attached hydrogen (secondary N) is 2. The Morgan fingerprint density at radius 2 is 1.96 bits per heavy atom. The Morgan fingerprint density at radius 1 is 1.04 bits per heavy atom. The molecule has 0 aliphatic carbocycles. The molecule has 0 unspecified atom stereocenters. The van der Waals surface area contributed by atoms with E-state index in [2.05, 4.69) is 36.0 Å². The molecule has 4 aromatic rings. The Balaban J connectivity index is 1.61. The van der Waals surface area contributed by atoms with Gasteiger partial charge >= 0.3 is 0 Å². The predicted octanol–water partition coefficient (Wildman–Crippen LogP) is 3.20. The smallest absolute Gasteiger partial charge is 0.249 e. The number of anilines is 4. The highest BCUT2D eigenvalue weighted by molar-refractivity contribution is 5.91. The van der Waals surface area contributed by atoms with Crippen LogP contribution < -0.4 is 10.6 Å². The second kappa shape index (κ2) is 5.92. The first kappa shape index (κ1) is 14.1. The first-order valence-corrected chi connectivity index (χ1v) is 7.29. The lowest BCUT2D eigenvalue weighted by atomic mass is 10.2. The molecule has 3 heterocycles. The molecular weight excluding hydrogens is 306 g/mol. The van der Waals surface area contributed by atoms with E-state index in [9.17, 15) is 0 Å². The van der Waals surface area contributed by atoms with Crippen LogP contribution in [0.1, 0.15) is 5.76 Å². The van der Waals surface area contributed by atoms with Crippen LogP contribution in [0.25, 0.3) is 10.9 Å². The molecule has 1 aromatic carbocycles. The molecular formula is C16H13N7O. The lowest BCUT2D eigenvalue weighted by Gasteiger charge is -2.08. The zero-order chi connectivity index (χ0) is 16.4. The van der Waals surface area contributed by atoms with Crippen molar-refractivity contribution >= 4 is 34.2 Å². The van der Waals surface area contributed by atoms with Gasteiger partial charge in [-0.2, -0.15) is 10.1 Å². The summed E-state index contributed by atoms with van der Waals surface area (Å²) in [6, 6.07) is 11.5. The zero-order valence-corrected chi connectivity index (χ0v) is 12.8. The molecule has 3 aromatic heterocycles. The second-order valence-electron chi connectivity index (χ2n) is 5.12. The summed E-state index contributed by atoms with van der Waals surface area (Å²) in [5, 5.41) is 19.0. The molecule has 8 nitrogen and oxygen atoms in total. The van der Waals surface area contributed by atoms with Crippen LogP contribution in [0.15, 0.2) is 53.3 Å². The number of hydrogen-bond acceptors (Lipinski definition) is 8. The summed E-state index contributed by atoms with van der Waals surface area (Å²) in [5.74, 6) is 2.14. The third-order valence-electron chi connectivity index (χ3n) is 3.32. The number of fused-ring (bicyclic) bond motifs is 1. The van der Waals surface area contributed by atoms with Gasteiger partial charge in [0.15, 0.2) is 11.6 Å². The van der Waals surface area contributed by atoms with Crippen LogP contribution >= 0.6 is 0 Å². The highest BCUT2D eigenvalue weighted by atomic mass is 16.5. The van der Waals surface area contributed by atoms with Gasteiger partial charge in [0.05, 0.1) is 17.4 Å². The molecule has 0 amide bonds. The van der Waals surface area contributed by atoms with E-state index >= 15 is 0 Å². The number of rotatable bonds is 4. The fourth-order valence-corrected chi connectivity index (χ4v) is 2.30. The molecule has 0 spiro atoms. The van der Waals surface area contributed by atoms with Crippen LogP contribution in [0, 0.1) is 6.92 Å². The van der Waals surface area contributed by atoms with Gasteiger partial charge in [-0.05, 0) is 19.1 Å². The molecule has 118 valence electrons. The van der Waals surface area contributed by atoms with Gasteiger partial charge in [0, 0.05) is 17.6 Å². The summed E-state index contributed by atoms with van der Waals surface area (Å²) < 4.78 is 5.01. The van der Waals surface area contributed by atoms with Crippen LogP contribution in [0.5, 0.6) is 0 Å². The van der Waals surface area contributed by atoms with E-state index in [1.807, 2.05) is 37.3 Å². The van der Waals surface area contributed by atoms with Gasteiger partial charge in [-0.3, -0.25) is 4.98 Å². The van der Waals surface area contributed by atoms with Crippen molar-refractivity contribution in [3.05, 3.63) is 54.6 Å². The Bertz CT molecular complexity index is 993. The molecule has 0 saturated carbocycles. The summed E-state index contributed by atoms with van der Waals surface area (Å²) in [6.45, 7) is 1.82. The van der Waals surface area contributed by atoms with Crippen molar-refractivity contribution in [2.45, 2.75) is 6.92 Å². The largest absolute Gasteiger partial charge is 0.360 e. The maximum atomic E-state index is 5.01. The van der Waals surface area contributed by atoms with Crippen LogP contribution in [-0.2, 0) is 0 Å². The van der Waals surface area contributed by atoms with E-state index in [4.69, 9.17) is 4.52 Å². The summed E-state index contributed by atoms with van der Waals surface area (Å²) >= 11 is 0. The van der Waals surface area contributed by atoms with Crippen molar-refractivity contribution in [2.75, 3.05) is 10.6 Å². The highest BCUT2D eigenvalue weighted by Gasteiger charge is 2.07. The van der Waals surface area contributed by atoms with Crippen molar-refractivity contribution in [2.24, 2.45) is 0 Å². The SMILES string of the molecule is Cc1cc(Nc2cnnc(Nc3cccc4cccnc34)n2)no1. The molecule has 0 radical (unpaired) electrons. The van der Waals surface area contributed by atoms with E-state index in [-0.39, 0.29) is 0 Å². The van der Waals surface area contributed by atoms with Crippen LogP contribution in [0.3, 0.4) is 0 Å². The van der Waals surface area contributed by atoms with Crippen molar-refractivity contribution in [1.29, 1.82) is 0 Å². The monoisotopic (exact) mass is 319 g/mol. The highest BCUT2D eigenvalue weighted by Crippen LogP contribution is 2.23. The fraction of sp³-hybridized carbons (Fsp3) is 0.0625. The summed E-state index contributed by atoms with van der Waals surface area (Å²) in [6.07, 6.45) is 3.26. The van der Waals surface area contributed by atoms with E-state index in [0.717, 1.165) is 16.6 Å². The lowest BCUT2D eigenvalue weighted by Crippen LogP contribution is -2.03. The third-order valence-corrected chi connectivity index (χ3v) is 3.32. The molecule has 0 atom stereocenters.